The Morgan fingerprint density at radius 3 is 2.53 bits per heavy atom. The molecule has 0 atom stereocenters. The number of para-hydroxylation sites is 1. The van der Waals surface area contributed by atoms with Crippen LogP contribution in [0.3, 0.4) is 0 Å². The van der Waals surface area contributed by atoms with E-state index in [1.165, 1.54) is 17.3 Å². The molecule has 32 heavy (non-hydrogen) atoms. The number of aromatic nitrogens is 2. The molecule has 0 spiro atoms. The fraction of sp³-hybridized carbons (Fsp3) is 0.192. The Labute approximate surface area is 191 Å². The second kappa shape index (κ2) is 9.83. The SMILES string of the molecule is Cc1ccc(-n2c(SCC(=O)NCCc3ccccc3)nc3ccccc3c2=O)c(C)c1. The van der Waals surface area contributed by atoms with E-state index >= 15 is 0 Å². The lowest BCUT2D eigenvalue weighted by Gasteiger charge is -2.15. The van der Waals surface area contributed by atoms with E-state index in [4.69, 9.17) is 4.98 Å². The molecule has 162 valence electrons. The Hall–Kier alpha value is -3.38. The monoisotopic (exact) mass is 443 g/mol. The van der Waals surface area contributed by atoms with Crippen LogP contribution in [0, 0.1) is 13.8 Å². The molecule has 4 aromatic rings. The summed E-state index contributed by atoms with van der Waals surface area (Å²) in [6.07, 6.45) is 0.777. The standard InChI is InChI=1S/C26H25N3O2S/c1-18-12-13-23(19(2)16-18)29-25(31)21-10-6-7-11-22(21)28-26(29)32-17-24(30)27-15-14-20-8-4-3-5-9-20/h3-13,16H,14-15,17H2,1-2H3,(H,27,30). The Morgan fingerprint density at radius 2 is 1.75 bits per heavy atom. The fourth-order valence-corrected chi connectivity index (χ4v) is 4.49. The highest BCUT2D eigenvalue weighted by Crippen LogP contribution is 2.23. The summed E-state index contributed by atoms with van der Waals surface area (Å²) >= 11 is 1.28. The molecule has 3 aromatic carbocycles. The number of thioether (sulfide) groups is 1. The summed E-state index contributed by atoms with van der Waals surface area (Å²) in [4.78, 5) is 30.6. The van der Waals surface area contributed by atoms with Gasteiger partial charge in [-0.25, -0.2) is 4.98 Å². The number of hydrogen-bond acceptors (Lipinski definition) is 4. The van der Waals surface area contributed by atoms with Gasteiger partial charge in [0.1, 0.15) is 0 Å². The van der Waals surface area contributed by atoms with Crippen LogP contribution in [0.25, 0.3) is 16.6 Å². The minimum atomic E-state index is -0.130. The second-order valence-corrected chi connectivity index (χ2v) is 8.66. The minimum Gasteiger partial charge on any atom is -0.355 e. The van der Waals surface area contributed by atoms with Crippen molar-refractivity contribution < 1.29 is 4.79 Å². The molecule has 0 radical (unpaired) electrons. The van der Waals surface area contributed by atoms with E-state index in [0.717, 1.165) is 23.2 Å². The quantitative estimate of drug-likeness (QED) is 0.339. The number of fused-ring (bicyclic) bond motifs is 1. The van der Waals surface area contributed by atoms with E-state index in [1.807, 2.05) is 80.6 Å². The van der Waals surface area contributed by atoms with Crippen molar-refractivity contribution in [1.29, 1.82) is 0 Å². The molecule has 4 rings (SSSR count). The largest absolute Gasteiger partial charge is 0.355 e. The first-order valence-corrected chi connectivity index (χ1v) is 11.5. The van der Waals surface area contributed by atoms with E-state index in [0.29, 0.717) is 22.6 Å². The van der Waals surface area contributed by atoms with Gasteiger partial charge in [-0.15, -0.1) is 0 Å². The number of carbonyl (C=O) groups is 1. The van der Waals surface area contributed by atoms with Crippen molar-refractivity contribution >= 4 is 28.6 Å². The third-order valence-corrected chi connectivity index (χ3v) is 6.19. The van der Waals surface area contributed by atoms with Crippen molar-refractivity contribution in [2.24, 2.45) is 0 Å². The molecule has 1 N–H and O–H groups in total. The molecule has 0 aliphatic heterocycles. The van der Waals surface area contributed by atoms with Gasteiger partial charge in [-0.2, -0.15) is 0 Å². The molecule has 0 aliphatic carbocycles. The topological polar surface area (TPSA) is 64.0 Å². The van der Waals surface area contributed by atoms with Crippen molar-refractivity contribution in [3.05, 3.63) is 99.8 Å². The Bertz CT molecular complexity index is 1320. The van der Waals surface area contributed by atoms with Crippen LogP contribution in [0.2, 0.25) is 0 Å². The maximum Gasteiger partial charge on any atom is 0.266 e. The normalized spacial score (nSPS) is 10.9. The minimum absolute atomic E-state index is 0.0829. The average molecular weight is 444 g/mol. The molecular weight excluding hydrogens is 418 g/mol. The maximum atomic E-state index is 13.4. The van der Waals surface area contributed by atoms with E-state index in [1.54, 1.807) is 10.6 Å². The Morgan fingerprint density at radius 1 is 1.00 bits per heavy atom. The molecule has 0 saturated carbocycles. The van der Waals surface area contributed by atoms with E-state index < -0.39 is 0 Å². The summed E-state index contributed by atoms with van der Waals surface area (Å²) in [7, 11) is 0. The Kier molecular flexibility index (Phi) is 6.71. The van der Waals surface area contributed by atoms with Crippen LogP contribution in [0.15, 0.2) is 82.7 Å². The van der Waals surface area contributed by atoms with E-state index in [-0.39, 0.29) is 17.2 Å². The van der Waals surface area contributed by atoms with Crippen LogP contribution in [-0.2, 0) is 11.2 Å². The first-order chi connectivity index (χ1) is 15.5. The van der Waals surface area contributed by atoms with Crippen LogP contribution < -0.4 is 10.9 Å². The zero-order valence-corrected chi connectivity index (χ0v) is 19.0. The molecule has 1 amide bonds. The predicted octanol–water partition coefficient (Wildman–Crippen LogP) is 4.45. The van der Waals surface area contributed by atoms with Crippen LogP contribution in [0.4, 0.5) is 0 Å². The molecule has 6 heteroatoms. The van der Waals surface area contributed by atoms with Crippen molar-refractivity contribution in [3.8, 4) is 5.69 Å². The van der Waals surface area contributed by atoms with Gasteiger partial charge in [0.15, 0.2) is 5.16 Å². The van der Waals surface area contributed by atoms with Crippen molar-refractivity contribution in [1.82, 2.24) is 14.9 Å². The molecule has 0 unspecified atom stereocenters. The van der Waals surface area contributed by atoms with Gasteiger partial charge in [0.05, 0.1) is 22.3 Å². The van der Waals surface area contributed by atoms with Gasteiger partial charge in [-0.1, -0.05) is 71.9 Å². The molecular formula is C26H25N3O2S. The van der Waals surface area contributed by atoms with E-state index in [2.05, 4.69) is 5.32 Å². The fourth-order valence-electron chi connectivity index (χ4n) is 3.65. The number of rotatable bonds is 7. The highest BCUT2D eigenvalue weighted by atomic mass is 32.2. The first kappa shape index (κ1) is 21.8. The van der Waals surface area contributed by atoms with Crippen LogP contribution in [0.5, 0.6) is 0 Å². The molecule has 0 saturated heterocycles. The number of aryl methyl sites for hydroxylation is 2. The van der Waals surface area contributed by atoms with Gasteiger partial charge in [-0.3, -0.25) is 14.2 Å². The van der Waals surface area contributed by atoms with E-state index in [9.17, 15) is 9.59 Å². The molecule has 0 fully saturated rings. The van der Waals surface area contributed by atoms with Gasteiger partial charge in [0.2, 0.25) is 5.91 Å². The highest BCUT2D eigenvalue weighted by molar-refractivity contribution is 7.99. The first-order valence-electron chi connectivity index (χ1n) is 10.6. The summed E-state index contributed by atoms with van der Waals surface area (Å²) in [6, 6.07) is 23.3. The van der Waals surface area contributed by atoms with Crippen LogP contribution >= 0.6 is 11.8 Å². The summed E-state index contributed by atoms with van der Waals surface area (Å²) in [6.45, 7) is 4.57. The van der Waals surface area contributed by atoms with Gasteiger partial charge < -0.3 is 5.32 Å². The number of nitrogens with zero attached hydrogens (tertiary/aromatic N) is 2. The lowest BCUT2D eigenvalue weighted by molar-refractivity contribution is -0.118. The second-order valence-electron chi connectivity index (χ2n) is 7.72. The highest BCUT2D eigenvalue weighted by Gasteiger charge is 2.16. The molecule has 0 aliphatic rings. The average Bonchev–Trinajstić information content (AvgIpc) is 2.79. The lowest BCUT2D eigenvalue weighted by atomic mass is 10.1. The van der Waals surface area contributed by atoms with Crippen LogP contribution in [0.1, 0.15) is 16.7 Å². The van der Waals surface area contributed by atoms with Gasteiger partial charge in [-0.05, 0) is 49.6 Å². The zero-order valence-electron chi connectivity index (χ0n) is 18.2. The van der Waals surface area contributed by atoms with Crippen molar-refractivity contribution in [2.75, 3.05) is 12.3 Å². The summed E-state index contributed by atoms with van der Waals surface area (Å²) in [5.74, 6) is 0.102. The molecule has 0 bridgehead atoms. The number of benzene rings is 3. The maximum absolute atomic E-state index is 13.4. The number of nitrogens with one attached hydrogen (secondary N) is 1. The number of carbonyl (C=O) groups excluding carboxylic acids is 1. The van der Waals surface area contributed by atoms with Crippen molar-refractivity contribution in [3.63, 3.8) is 0 Å². The summed E-state index contributed by atoms with van der Waals surface area (Å²) in [5.41, 5.74) is 4.57. The van der Waals surface area contributed by atoms with Gasteiger partial charge in [0, 0.05) is 6.54 Å². The third-order valence-electron chi connectivity index (χ3n) is 5.25. The number of amides is 1. The number of hydrogen-bond donors (Lipinski definition) is 1. The zero-order chi connectivity index (χ0) is 22.5. The summed E-state index contributed by atoms with van der Waals surface area (Å²) < 4.78 is 1.62. The van der Waals surface area contributed by atoms with Gasteiger partial charge in [0.25, 0.3) is 5.56 Å². The molecule has 5 nitrogen and oxygen atoms in total. The predicted molar refractivity (Wildman–Crippen MR) is 131 cm³/mol. The Balaban J connectivity index is 1.57. The van der Waals surface area contributed by atoms with Crippen LogP contribution in [-0.4, -0.2) is 27.8 Å². The summed E-state index contributed by atoms with van der Waals surface area (Å²) in [5, 5.41) is 4.03. The molecule has 1 heterocycles. The lowest BCUT2D eigenvalue weighted by Crippen LogP contribution is -2.28. The van der Waals surface area contributed by atoms with Gasteiger partial charge >= 0.3 is 0 Å². The molecule has 1 aromatic heterocycles. The smallest absolute Gasteiger partial charge is 0.266 e. The third kappa shape index (κ3) is 4.92. The van der Waals surface area contributed by atoms with Crippen molar-refractivity contribution in [2.45, 2.75) is 25.4 Å².